The monoisotopic (exact) mass is 300 g/mol. The van der Waals surface area contributed by atoms with Gasteiger partial charge in [0.2, 0.25) is 10.0 Å². The van der Waals surface area contributed by atoms with E-state index in [-0.39, 0.29) is 4.90 Å². The molecule has 1 aromatic heterocycles. The molecule has 0 aliphatic rings. The summed E-state index contributed by atoms with van der Waals surface area (Å²) in [6.07, 6.45) is 1.78. The first kappa shape index (κ1) is 13.5. The van der Waals surface area contributed by atoms with Crippen molar-refractivity contribution >= 4 is 10.0 Å². The van der Waals surface area contributed by atoms with Crippen molar-refractivity contribution in [1.82, 2.24) is 15.0 Å². The lowest BCUT2D eigenvalue weighted by atomic mass is 10.2. The van der Waals surface area contributed by atoms with E-state index in [0.717, 1.165) is 11.3 Å². The van der Waals surface area contributed by atoms with Crippen LogP contribution >= 0.6 is 0 Å². The Morgan fingerprint density at radius 3 is 2.24 bits per heavy atom. The smallest absolute Gasteiger partial charge is 0.225 e. The van der Waals surface area contributed by atoms with E-state index in [1.54, 1.807) is 23.0 Å². The molecule has 3 rings (SSSR count). The molecule has 106 valence electrons. The Hall–Kier alpha value is -2.51. The molecule has 7 heteroatoms. The molecule has 0 unspecified atom stereocenters. The molecule has 2 aromatic carbocycles. The average molecular weight is 300 g/mol. The third-order valence-corrected chi connectivity index (χ3v) is 3.92. The number of nitrogens with zero attached hydrogens (tertiary/aromatic N) is 3. The van der Waals surface area contributed by atoms with Crippen LogP contribution in [0.3, 0.4) is 0 Å². The summed E-state index contributed by atoms with van der Waals surface area (Å²) < 4.78 is 24.0. The molecule has 0 saturated carbocycles. The van der Waals surface area contributed by atoms with Crippen LogP contribution in [0.25, 0.3) is 16.9 Å². The topological polar surface area (TPSA) is 90.9 Å². The molecular formula is C14H12N4O2S. The van der Waals surface area contributed by atoms with Crippen LogP contribution in [0.2, 0.25) is 0 Å². The Morgan fingerprint density at radius 1 is 0.952 bits per heavy atom. The molecule has 0 fully saturated rings. The summed E-state index contributed by atoms with van der Waals surface area (Å²) in [7, 11) is -3.68. The number of primary sulfonamides is 1. The first-order chi connectivity index (χ1) is 10.0. The van der Waals surface area contributed by atoms with Crippen molar-refractivity contribution < 1.29 is 8.42 Å². The summed E-state index contributed by atoms with van der Waals surface area (Å²) in [6.45, 7) is 0. The second-order valence-corrected chi connectivity index (χ2v) is 6.01. The molecule has 6 nitrogen and oxygen atoms in total. The molecule has 0 radical (unpaired) electrons. The highest BCUT2D eigenvalue weighted by Gasteiger charge is 2.09. The van der Waals surface area contributed by atoms with Crippen molar-refractivity contribution in [3.05, 3.63) is 60.8 Å². The van der Waals surface area contributed by atoms with Crippen molar-refractivity contribution in [2.24, 2.45) is 5.14 Å². The Balaban J connectivity index is 1.94. The van der Waals surface area contributed by atoms with Crippen LogP contribution < -0.4 is 5.14 Å². The highest BCUT2D eigenvalue weighted by atomic mass is 32.2. The summed E-state index contributed by atoms with van der Waals surface area (Å²) in [4.78, 5) is 0.0645. The maximum absolute atomic E-state index is 11.2. The van der Waals surface area contributed by atoms with Crippen LogP contribution in [0, 0.1) is 0 Å². The van der Waals surface area contributed by atoms with Crippen LogP contribution in [-0.2, 0) is 10.0 Å². The summed E-state index contributed by atoms with van der Waals surface area (Å²) in [6, 6.07) is 15.8. The van der Waals surface area contributed by atoms with Crippen LogP contribution in [-0.4, -0.2) is 23.4 Å². The van der Waals surface area contributed by atoms with E-state index in [1.807, 2.05) is 30.3 Å². The summed E-state index contributed by atoms with van der Waals surface area (Å²) in [5.74, 6) is 0. The van der Waals surface area contributed by atoms with Crippen LogP contribution in [0.5, 0.6) is 0 Å². The second-order valence-electron chi connectivity index (χ2n) is 4.45. The SMILES string of the molecule is NS(=O)(=O)c1ccc(-n2cc(-c3ccccc3)nn2)cc1. The van der Waals surface area contributed by atoms with E-state index >= 15 is 0 Å². The van der Waals surface area contributed by atoms with Gasteiger partial charge in [-0.15, -0.1) is 5.10 Å². The van der Waals surface area contributed by atoms with Gasteiger partial charge in [0.1, 0.15) is 5.69 Å². The number of hydrogen-bond acceptors (Lipinski definition) is 4. The molecule has 2 N–H and O–H groups in total. The van der Waals surface area contributed by atoms with Crippen LogP contribution in [0.4, 0.5) is 0 Å². The minimum atomic E-state index is -3.68. The Morgan fingerprint density at radius 2 is 1.62 bits per heavy atom. The van der Waals surface area contributed by atoms with Gasteiger partial charge in [-0.05, 0) is 24.3 Å². The van der Waals surface area contributed by atoms with E-state index in [9.17, 15) is 8.42 Å². The summed E-state index contributed by atoms with van der Waals surface area (Å²) in [5.41, 5.74) is 2.41. The Bertz CT molecular complexity index is 856. The minimum Gasteiger partial charge on any atom is -0.225 e. The van der Waals surface area contributed by atoms with Gasteiger partial charge in [-0.2, -0.15) is 0 Å². The normalized spacial score (nSPS) is 11.5. The zero-order valence-electron chi connectivity index (χ0n) is 10.9. The molecule has 0 aliphatic heterocycles. The second kappa shape index (κ2) is 5.12. The summed E-state index contributed by atoms with van der Waals surface area (Å²) in [5, 5.41) is 13.2. The first-order valence-electron chi connectivity index (χ1n) is 6.15. The average Bonchev–Trinajstić information content (AvgIpc) is 2.97. The fraction of sp³-hybridized carbons (Fsp3) is 0. The lowest BCUT2D eigenvalue weighted by molar-refractivity contribution is 0.598. The van der Waals surface area contributed by atoms with Gasteiger partial charge >= 0.3 is 0 Å². The summed E-state index contributed by atoms with van der Waals surface area (Å²) >= 11 is 0. The minimum absolute atomic E-state index is 0.0645. The third kappa shape index (κ3) is 2.83. The molecule has 0 aliphatic carbocycles. The lowest BCUT2D eigenvalue weighted by Gasteiger charge is -2.01. The predicted molar refractivity (Wildman–Crippen MR) is 78.2 cm³/mol. The van der Waals surface area contributed by atoms with E-state index in [4.69, 9.17) is 5.14 Å². The Labute approximate surface area is 121 Å². The Kier molecular flexibility index (Phi) is 3.28. The largest absolute Gasteiger partial charge is 0.238 e. The highest BCUT2D eigenvalue weighted by molar-refractivity contribution is 7.89. The first-order valence-corrected chi connectivity index (χ1v) is 7.70. The molecular weight excluding hydrogens is 288 g/mol. The molecule has 1 heterocycles. The van der Waals surface area contributed by atoms with Crippen molar-refractivity contribution in [1.29, 1.82) is 0 Å². The number of sulfonamides is 1. The molecule has 0 bridgehead atoms. The van der Waals surface area contributed by atoms with Crippen molar-refractivity contribution in [3.63, 3.8) is 0 Å². The van der Waals surface area contributed by atoms with Gasteiger partial charge in [0.15, 0.2) is 0 Å². The molecule has 0 spiro atoms. The van der Waals surface area contributed by atoms with Crippen LogP contribution in [0.1, 0.15) is 0 Å². The maximum atomic E-state index is 11.2. The van der Waals surface area contributed by atoms with Crippen molar-refractivity contribution in [2.75, 3.05) is 0 Å². The zero-order chi connectivity index (χ0) is 14.9. The van der Waals surface area contributed by atoms with Gasteiger partial charge in [-0.1, -0.05) is 35.5 Å². The van der Waals surface area contributed by atoms with Crippen molar-refractivity contribution in [2.45, 2.75) is 4.90 Å². The molecule has 0 amide bonds. The highest BCUT2D eigenvalue weighted by Crippen LogP contribution is 2.18. The quantitative estimate of drug-likeness (QED) is 0.795. The zero-order valence-corrected chi connectivity index (χ0v) is 11.7. The van der Waals surface area contributed by atoms with Gasteiger partial charge in [-0.25, -0.2) is 18.2 Å². The van der Waals surface area contributed by atoms with Gasteiger partial charge in [0, 0.05) is 5.56 Å². The van der Waals surface area contributed by atoms with E-state index < -0.39 is 10.0 Å². The van der Waals surface area contributed by atoms with E-state index in [0.29, 0.717) is 5.69 Å². The fourth-order valence-corrected chi connectivity index (χ4v) is 2.44. The molecule has 0 atom stereocenters. The van der Waals surface area contributed by atoms with Gasteiger partial charge < -0.3 is 0 Å². The van der Waals surface area contributed by atoms with Crippen LogP contribution in [0.15, 0.2) is 65.7 Å². The van der Waals surface area contributed by atoms with Gasteiger partial charge in [0.25, 0.3) is 0 Å². The number of aromatic nitrogens is 3. The molecule has 21 heavy (non-hydrogen) atoms. The number of hydrogen-bond donors (Lipinski definition) is 1. The van der Waals surface area contributed by atoms with E-state index in [2.05, 4.69) is 10.3 Å². The number of nitrogens with two attached hydrogens (primary N) is 1. The fourth-order valence-electron chi connectivity index (χ4n) is 1.92. The maximum Gasteiger partial charge on any atom is 0.238 e. The standard InChI is InChI=1S/C14H12N4O2S/c15-21(19,20)13-8-6-12(7-9-13)18-10-14(16-17-18)11-4-2-1-3-5-11/h1-10H,(H2,15,19,20). The predicted octanol–water partition coefficient (Wildman–Crippen LogP) is 1.58. The molecule has 0 saturated heterocycles. The van der Waals surface area contributed by atoms with Gasteiger partial charge in [0.05, 0.1) is 16.8 Å². The number of rotatable bonds is 3. The van der Waals surface area contributed by atoms with E-state index in [1.165, 1.54) is 12.1 Å². The number of benzene rings is 2. The van der Waals surface area contributed by atoms with Crippen molar-refractivity contribution in [3.8, 4) is 16.9 Å². The lowest BCUT2D eigenvalue weighted by Crippen LogP contribution is -2.12. The van der Waals surface area contributed by atoms with Gasteiger partial charge in [-0.3, -0.25) is 0 Å². The molecule has 3 aromatic rings. The third-order valence-electron chi connectivity index (χ3n) is 2.99.